The number of hydrogen-bond acceptors (Lipinski definition) is 6. The molecule has 7 heteroatoms. The predicted octanol–water partition coefficient (Wildman–Crippen LogP) is 5.47. The van der Waals surface area contributed by atoms with Crippen LogP contribution in [-0.2, 0) is 33.8 Å². The highest BCUT2D eigenvalue weighted by atomic mass is 16.6. The first kappa shape index (κ1) is 28.2. The Hall–Kier alpha value is -3.84. The van der Waals surface area contributed by atoms with Gasteiger partial charge in [0.2, 0.25) is 0 Å². The van der Waals surface area contributed by atoms with Crippen molar-refractivity contribution < 1.29 is 23.8 Å². The number of rotatable bonds is 9. The maximum absolute atomic E-state index is 13.0. The van der Waals surface area contributed by atoms with Crippen LogP contribution in [0.2, 0.25) is 0 Å². The highest BCUT2D eigenvalue weighted by Crippen LogP contribution is 2.22. The van der Waals surface area contributed by atoms with E-state index in [2.05, 4.69) is 29.2 Å². The number of piperazine rings is 1. The van der Waals surface area contributed by atoms with E-state index in [1.54, 1.807) is 0 Å². The van der Waals surface area contributed by atoms with E-state index in [0.29, 0.717) is 18.7 Å². The van der Waals surface area contributed by atoms with Crippen LogP contribution < -0.4 is 4.74 Å². The Morgan fingerprint density at radius 2 is 1.46 bits per heavy atom. The lowest BCUT2D eigenvalue weighted by Gasteiger charge is -2.42. The lowest BCUT2D eigenvalue weighted by Crippen LogP contribution is -2.56. The highest BCUT2D eigenvalue weighted by molar-refractivity contribution is 5.71. The SMILES string of the molecule is CC(C)(C)OC(=O)N1CCN(Cc2ccccc2)C[C@H]1Cc1ccc(OCC(=O)OCc2ccccc2)cc1. The number of carbonyl (C=O) groups excluding carboxylic acids is 2. The number of hydrogen-bond donors (Lipinski definition) is 0. The van der Waals surface area contributed by atoms with Crippen LogP contribution in [0.4, 0.5) is 4.79 Å². The number of esters is 1. The quantitative estimate of drug-likeness (QED) is 0.342. The van der Waals surface area contributed by atoms with E-state index in [9.17, 15) is 9.59 Å². The zero-order valence-electron chi connectivity index (χ0n) is 23.0. The average Bonchev–Trinajstić information content (AvgIpc) is 2.92. The summed E-state index contributed by atoms with van der Waals surface area (Å²) in [6, 6.07) is 27.6. The topological polar surface area (TPSA) is 68.3 Å². The molecule has 0 saturated carbocycles. The predicted molar refractivity (Wildman–Crippen MR) is 150 cm³/mol. The van der Waals surface area contributed by atoms with Crippen LogP contribution in [0, 0.1) is 0 Å². The molecule has 0 unspecified atom stereocenters. The summed E-state index contributed by atoms with van der Waals surface area (Å²) in [5.41, 5.74) is 2.71. The first-order valence-corrected chi connectivity index (χ1v) is 13.4. The summed E-state index contributed by atoms with van der Waals surface area (Å²) in [6.07, 6.45) is 0.407. The molecule has 3 aromatic rings. The second-order valence-electron chi connectivity index (χ2n) is 10.8. The number of amides is 1. The van der Waals surface area contributed by atoms with Gasteiger partial charge in [-0.05, 0) is 56.0 Å². The Kier molecular flexibility index (Phi) is 9.60. The van der Waals surface area contributed by atoms with Crippen molar-refractivity contribution in [3.8, 4) is 5.75 Å². The molecule has 0 aromatic heterocycles. The summed E-state index contributed by atoms with van der Waals surface area (Å²) >= 11 is 0. The van der Waals surface area contributed by atoms with Crippen LogP contribution in [0.3, 0.4) is 0 Å². The monoisotopic (exact) mass is 530 g/mol. The van der Waals surface area contributed by atoms with Gasteiger partial charge in [0.15, 0.2) is 6.61 Å². The summed E-state index contributed by atoms with van der Waals surface area (Å²) in [5, 5.41) is 0. The molecule has 3 aromatic carbocycles. The fraction of sp³-hybridized carbons (Fsp3) is 0.375. The highest BCUT2D eigenvalue weighted by Gasteiger charge is 2.33. The number of benzene rings is 3. The molecule has 0 N–H and O–H groups in total. The number of ether oxygens (including phenoxy) is 3. The second-order valence-corrected chi connectivity index (χ2v) is 10.8. The number of carbonyl (C=O) groups is 2. The minimum atomic E-state index is -0.552. The minimum absolute atomic E-state index is 0.0305. The smallest absolute Gasteiger partial charge is 0.410 e. The van der Waals surface area contributed by atoms with Crippen LogP contribution in [-0.4, -0.2) is 59.7 Å². The Balaban J connectivity index is 1.34. The molecule has 7 nitrogen and oxygen atoms in total. The van der Waals surface area contributed by atoms with E-state index in [1.807, 2.05) is 86.3 Å². The van der Waals surface area contributed by atoms with Gasteiger partial charge < -0.3 is 19.1 Å². The van der Waals surface area contributed by atoms with Crippen LogP contribution in [0.1, 0.15) is 37.5 Å². The molecule has 1 amide bonds. The van der Waals surface area contributed by atoms with Crippen molar-refractivity contribution >= 4 is 12.1 Å². The fourth-order valence-electron chi connectivity index (χ4n) is 4.56. The Labute approximate surface area is 231 Å². The second kappa shape index (κ2) is 13.3. The van der Waals surface area contributed by atoms with Gasteiger partial charge in [-0.25, -0.2) is 9.59 Å². The van der Waals surface area contributed by atoms with E-state index in [1.165, 1.54) is 5.56 Å². The summed E-state index contributed by atoms with van der Waals surface area (Å²) in [7, 11) is 0. The van der Waals surface area contributed by atoms with E-state index >= 15 is 0 Å². The van der Waals surface area contributed by atoms with Gasteiger partial charge in [0, 0.05) is 26.2 Å². The van der Waals surface area contributed by atoms with Crippen molar-refractivity contribution in [1.82, 2.24) is 9.80 Å². The van der Waals surface area contributed by atoms with Gasteiger partial charge in [0.25, 0.3) is 0 Å². The van der Waals surface area contributed by atoms with Crippen LogP contribution in [0.25, 0.3) is 0 Å². The molecule has 1 heterocycles. The third kappa shape index (κ3) is 9.14. The summed E-state index contributed by atoms with van der Waals surface area (Å²) in [4.78, 5) is 29.4. The molecule has 0 radical (unpaired) electrons. The maximum atomic E-state index is 13.0. The summed E-state index contributed by atoms with van der Waals surface area (Å²) in [5.74, 6) is 0.172. The summed E-state index contributed by atoms with van der Waals surface area (Å²) in [6.45, 7) is 8.72. The first-order chi connectivity index (χ1) is 18.7. The standard InChI is InChI=1S/C32H38N2O5/c1-32(2,3)39-31(36)34-19-18-33(21-26-10-6-4-7-11-26)22-28(34)20-25-14-16-29(17-15-25)37-24-30(35)38-23-27-12-8-5-9-13-27/h4-17,28H,18-24H2,1-3H3/t28-/m1/s1. The van der Waals surface area contributed by atoms with Crippen molar-refractivity contribution in [2.24, 2.45) is 0 Å². The Morgan fingerprint density at radius 1 is 0.821 bits per heavy atom. The lowest BCUT2D eigenvalue weighted by atomic mass is 10.0. The molecule has 0 spiro atoms. The first-order valence-electron chi connectivity index (χ1n) is 13.4. The van der Waals surface area contributed by atoms with Gasteiger partial charge in [-0.2, -0.15) is 0 Å². The molecule has 0 aliphatic carbocycles. The van der Waals surface area contributed by atoms with Crippen molar-refractivity contribution in [2.75, 3.05) is 26.2 Å². The molecule has 0 bridgehead atoms. The molecular formula is C32H38N2O5. The molecule has 1 aliphatic rings. The normalized spacial score (nSPS) is 16.0. The largest absolute Gasteiger partial charge is 0.482 e. The molecular weight excluding hydrogens is 492 g/mol. The third-order valence-electron chi connectivity index (χ3n) is 6.44. The van der Waals surface area contributed by atoms with Gasteiger partial charge in [0.1, 0.15) is 18.0 Å². The zero-order valence-corrected chi connectivity index (χ0v) is 23.0. The van der Waals surface area contributed by atoms with E-state index < -0.39 is 11.6 Å². The van der Waals surface area contributed by atoms with Gasteiger partial charge in [-0.3, -0.25) is 4.90 Å². The van der Waals surface area contributed by atoms with Crippen LogP contribution in [0.5, 0.6) is 5.75 Å². The van der Waals surface area contributed by atoms with Crippen LogP contribution in [0.15, 0.2) is 84.9 Å². The van der Waals surface area contributed by atoms with E-state index in [0.717, 1.165) is 30.8 Å². The summed E-state index contributed by atoms with van der Waals surface area (Å²) < 4.78 is 16.6. The fourth-order valence-corrected chi connectivity index (χ4v) is 4.56. The molecule has 4 rings (SSSR count). The third-order valence-corrected chi connectivity index (χ3v) is 6.44. The van der Waals surface area contributed by atoms with Crippen LogP contribution >= 0.6 is 0 Å². The van der Waals surface area contributed by atoms with Crippen molar-refractivity contribution in [2.45, 2.75) is 52.0 Å². The van der Waals surface area contributed by atoms with Gasteiger partial charge in [-0.15, -0.1) is 0 Å². The van der Waals surface area contributed by atoms with Gasteiger partial charge in [0.05, 0.1) is 6.04 Å². The molecule has 1 saturated heterocycles. The average molecular weight is 531 g/mol. The van der Waals surface area contributed by atoms with E-state index in [-0.39, 0.29) is 25.3 Å². The molecule has 1 fully saturated rings. The molecule has 206 valence electrons. The molecule has 1 aliphatic heterocycles. The van der Waals surface area contributed by atoms with Gasteiger partial charge >= 0.3 is 12.1 Å². The van der Waals surface area contributed by atoms with Crippen molar-refractivity contribution in [1.29, 1.82) is 0 Å². The lowest BCUT2D eigenvalue weighted by molar-refractivity contribution is -0.147. The maximum Gasteiger partial charge on any atom is 0.410 e. The molecule has 39 heavy (non-hydrogen) atoms. The van der Waals surface area contributed by atoms with Crippen molar-refractivity contribution in [3.05, 3.63) is 102 Å². The number of nitrogens with zero attached hydrogens (tertiary/aromatic N) is 2. The Bertz CT molecular complexity index is 1190. The van der Waals surface area contributed by atoms with Gasteiger partial charge in [-0.1, -0.05) is 72.8 Å². The minimum Gasteiger partial charge on any atom is -0.482 e. The Morgan fingerprint density at radius 3 is 2.10 bits per heavy atom. The molecule has 1 atom stereocenters. The van der Waals surface area contributed by atoms with E-state index in [4.69, 9.17) is 14.2 Å². The van der Waals surface area contributed by atoms with Crippen molar-refractivity contribution in [3.63, 3.8) is 0 Å². The zero-order chi connectivity index (χ0) is 27.7.